The minimum atomic E-state index is -0.727. The average Bonchev–Trinajstić information content (AvgIpc) is 2.70. The van der Waals surface area contributed by atoms with Gasteiger partial charge in [-0.1, -0.05) is 0 Å². The van der Waals surface area contributed by atoms with Gasteiger partial charge in [-0.25, -0.2) is 4.79 Å². The highest BCUT2D eigenvalue weighted by Crippen LogP contribution is 2.38. The molecule has 2 rings (SSSR count). The molecule has 0 saturated carbocycles. The normalized spacial score (nSPS) is 16.4. The summed E-state index contributed by atoms with van der Waals surface area (Å²) in [5, 5.41) is 0. The highest BCUT2D eigenvalue weighted by Gasteiger charge is 2.31. The second kappa shape index (κ2) is 9.11. The standard InChI is InChI=1S/C18H24N2O7/c1-24-13-8-11(9-14(25-2)16(13)26-3)18(23)27-10-15(21)20-7-5-4-6-12(20)17(19)22/h8-9,12H,4-7,10H2,1-3H3,(H2,19,22)/t12-/m1/s1. The molecule has 2 N–H and O–H groups in total. The molecule has 2 amide bonds. The van der Waals surface area contributed by atoms with Gasteiger partial charge < -0.3 is 29.6 Å². The Balaban J connectivity index is 2.09. The fourth-order valence-electron chi connectivity index (χ4n) is 3.02. The van der Waals surface area contributed by atoms with Gasteiger partial charge in [0.25, 0.3) is 5.91 Å². The number of rotatable bonds is 7. The number of hydrogen-bond donors (Lipinski definition) is 1. The fourth-order valence-corrected chi connectivity index (χ4v) is 3.02. The molecule has 1 aliphatic heterocycles. The molecular weight excluding hydrogens is 356 g/mol. The van der Waals surface area contributed by atoms with Gasteiger partial charge >= 0.3 is 5.97 Å². The SMILES string of the molecule is COc1cc(C(=O)OCC(=O)N2CCCC[C@@H]2C(N)=O)cc(OC)c1OC. The number of amides is 2. The number of hydrogen-bond acceptors (Lipinski definition) is 7. The van der Waals surface area contributed by atoms with Gasteiger partial charge in [0.1, 0.15) is 6.04 Å². The molecule has 9 nitrogen and oxygen atoms in total. The molecule has 1 aromatic carbocycles. The van der Waals surface area contributed by atoms with Crippen molar-refractivity contribution in [1.82, 2.24) is 4.90 Å². The minimum Gasteiger partial charge on any atom is -0.493 e. The Hall–Kier alpha value is -2.97. The maximum atomic E-state index is 12.4. The van der Waals surface area contributed by atoms with Crippen LogP contribution in [0.5, 0.6) is 17.2 Å². The van der Waals surface area contributed by atoms with E-state index in [1.165, 1.54) is 38.4 Å². The summed E-state index contributed by atoms with van der Waals surface area (Å²) in [4.78, 5) is 37.6. The molecule has 9 heteroatoms. The lowest BCUT2D eigenvalue weighted by atomic mass is 10.0. The number of esters is 1. The van der Waals surface area contributed by atoms with Crippen molar-refractivity contribution in [2.24, 2.45) is 5.73 Å². The lowest BCUT2D eigenvalue weighted by Gasteiger charge is -2.33. The van der Waals surface area contributed by atoms with E-state index in [0.29, 0.717) is 30.2 Å². The third-order valence-electron chi connectivity index (χ3n) is 4.38. The first-order valence-corrected chi connectivity index (χ1v) is 8.48. The molecule has 0 aliphatic carbocycles. The number of nitrogens with zero attached hydrogens (tertiary/aromatic N) is 1. The third kappa shape index (κ3) is 4.60. The van der Waals surface area contributed by atoms with Crippen LogP contribution in [-0.2, 0) is 14.3 Å². The summed E-state index contributed by atoms with van der Waals surface area (Å²) in [5.41, 5.74) is 5.49. The van der Waals surface area contributed by atoms with Crippen molar-refractivity contribution in [2.45, 2.75) is 25.3 Å². The van der Waals surface area contributed by atoms with E-state index in [4.69, 9.17) is 24.7 Å². The summed E-state index contributed by atoms with van der Waals surface area (Å²) in [7, 11) is 4.30. The summed E-state index contributed by atoms with van der Waals surface area (Å²) in [6.45, 7) is -0.0759. The highest BCUT2D eigenvalue weighted by molar-refractivity contribution is 5.93. The van der Waals surface area contributed by atoms with Gasteiger partial charge in [0.05, 0.1) is 26.9 Å². The molecule has 1 atom stereocenters. The summed E-state index contributed by atoms with van der Waals surface area (Å²) < 4.78 is 20.7. The third-order valence-corrected chi connectivity index (χ3v) is 4.38. The number of likely N-dealkylation sites (tertiary alicyclic amines) is 1. The number of methoxy groups -OCH3 is 3. The van der Waals surface area contributed by atoms with E-state index in [1.54, 1.807) is 0 Å². The molecule has 1 fully saturated rings. The van der Waals surface area contributed by atoms with Gasteiger partial charge in [-0.15, -0.1) is 0 Å². The lowest BCUT2D eigenvalue weighted by Crippen LogP contribution is -2.51. The molecule has 1 saturated heterocycles. The van der Waals surface area contributed by atoms with E-state index in [-0.39, 0.29) is 5.56 Å². The maximum absolute atomic E-state index is 12.4. The Kier molecular flexibility index (Phi) is 6.86. The molecule has 0 aromatic heterocycles. The molecular formula is C18H24N2O7. The van der Waals surface area contributed by atoms with Gasteiger partial charge in [-0.05, 0) is 31.4 Å². The molecule has 148 valence electrons. The molecule has 1 aromatic rings. The highest BCUT2D eigenvalue weighted by atomic mass is 16.5. The van der Waals surface area contributed by atoms with Crippen LogP contribution in [0.2, 0.25) is 0 Å². The summed E-state index contributed by atoms with van der Waals surface area (Å²) in [6.07, 6.45) is 2.11. The molecule has 0 radical (unpaired) electrons. The Morgan fingerprint density at radius 1 is 1.07 bits per heavy atom. The number of ether oxygens (including phenoxy) is 4. The maximum Gasteiger partial charge on any atom is 0.338 e. The monoisotopic (exact) mass is 380 g/mol. The van der Waals surface area contributed by atoms with Crippen LogP contribution in [0, 0.1) is 0 Å². The zero-order valence-electron chi connectivity index (χ0n) is 15.6. The summed E-state index contributed by atoms with van der Waals surface area (Å²) in [5.74, 6) is -0.821. The quantitative estimate of drug-likeness (QED) is 0.693. The molecule has 0 unspecified atom stereocenters. The number of carbonyl (C=O) groups excluding carboxylic acids is 3. The van der Waals surface area contributed by atoms with E-state index < -0.39 is 30.4 Å². The zero-order chi connectivity index (χ0) is 20.0. The number of piperidine rings is 1. The van der Waals surface area contributed by atoms with Crippen LogP contribution in [0.15, 0.2) is 12.1 Å². The van der Waals surface area contributed by atoms with Crippen molar-refractivity contribution < 1.29 is 33.3 Å². The van der Waals surface area contributed by atoms with Gasteiger partial charge in [0.15, 0.2) is 18.1 Å². The largest absolute Gasteiger partial charge is 0.493 e. The Morgan fingerprint density at radius 2 is 1.70 bits per heavy atom. The first-order valence-electron chi connectivity index (χ1n) is 8.48. The fraction of sp³-hybridized carbons (Fsp3) is 0.500. The van der Waals surface area contributed by atoms with Crippen molar-refractivity contribution in [1.29, 1.82) is 0 Å². The van der Waals surface area contributed by atoms with Crippen LogP contribution in [-0.4, -0.2) is 63.2 Å². The molecule has 1 heterocycles. The smallest absolute Gasteiger partial charge is 0.338 e. The molecule has 27 heavy (non-hydrogen) atoms. The molecule has 1 aliphatic rings. The Bertz CT molecular complexity index is 695. The number of carbonyl (C=O) groups is 3. The second-order valence-electron chi connectivity index (χ2n) is 5.99. The second-order valence-corrected chi connectivity index (χ2v) is 5.99. The van der Waals surface area contributed by atoms with Crippen molar-refractivity contribution in [3.8, 4) is 17.2 Å². The van der Waals surface area contributed by atoms with Gasteiger partial charge in [0, 0.05) is 6.54 Å². The summed E-state index contributed by atoms with van der Waals surface area (Å²) >= 11 is 0. The lowest BCUT2D eigenvalue weighted by molar-refractivity contribution is -0.143. The predicted molar refractivity (Wildman–Crippen MR) is 94.9 cm³/mol. The van der Waals surface area contributed by atoms with Crippen molar-refractivity contribution >= 4 is 17.8 Å². The van der Waals surface area contributed by atoms with E-state index in [0.717, 1.165) is 12.8 Å². The topological polar surface area (TPSA) is 117 Å². The van der Waals surface area contributed by atoms with Gasteiger partial charge in [-0.2, -0.15) is 0 Å². The van der Waals surface area contributed by atoms with Crippen molar-refractivity contribution in [2.75, 3.05) is 34.5 Å². The average molecular weight is 380 g/mol. The van der Waals surface area contributed by atoms with Crippen molar-refractivity contribution in [3.05, 3.63) is 17.7 Å². The first kappa shape index (κ1) is 20.3. The van der Waals surface area contributed by atoms with E-state index in [2.05, 4.69) is 0 Å². The molecule has 0 bridgehead atoms. The number of primary amides is 1. The first-order chi connectivity index (χ1) is 12.9. The predicted octanol–water partition coefficient (Wildman–Crippen LogP) is 0.736. The zero-order valence-corrected chi connectivity index (χ0v) is 15.6. The van der Waals surface area contributed by atoms with Crippen LogP contribution < -0.4 is 19.9 Å². The Morgan fingerprint density at radius 3 is 2.22 bits per heavy atom. The van der Waals surface area contributed by atoms with Gasteiger partial charge in [-0.3, -0.25) is 9.59 Å². The number of nitrogens with two attached hydrogens (primary N) is 1. The minimum absolute atomic E-state index is 0.141. The Labute approximate surface area is 157 Å². The number of benzene rings is 1. The van der Waals surface area contributed by atoms with Gasteiger partial charge in [0.2, 0.25) is 11.7 Å². The van der Waals surface area contributed by atoms with Crippen molar-refractivity contribution in [3.63, 3.8) is 0 Å². The van der Waals surface area contributed by atoms with Crippen LogP contribution in [0.1, 0.15) is 29.6 Å². The van der Waals surface area contributed by atoms with E-state index >= 15 is 0 Å². The van der Waals surface area contributed by atoms with Crippen LogP contribution in [0.3, 0.4) is 0 Å². The van der Waals surface area contributed by atoms with E-state index in [9.17, 15) is 14.4 Å². The van der Waals surface area contributed by atoms with E-state index in [1.807, 2.05) is 0 Å². The van der Waals surface area contributed by atoms with Crippen LogP contribution in [0.25, 0.3) is 0 Å². The summed E-state index contributed by atoms with van der Waals surface area (Å²) in [6, 6.07) is 2.20. The molecule has 0 spiro atoms. The van der Waals surface area contributed by atoms with Crippen LogP contribution >= 0.6 is 0 Å². The van der Waals surface area contributed by atoms with Crippen LogP contribution in [0.4, 0.5) is 0 Å².